The second-order valence-electron chi connectivity index (χ2n) is 4.48. The maximum atomic E-state index is 5.22. The molecule has 4 heteroatoms. The highest BCUT2D eigenvalue weighted by molar-refractivity contribution is 5.24. The van der Waals surface area contributed by atoms with Gasteiger partial charge in [0.05, 0.1) is 0 Å². The highest BCUT2D eigenvalue weighted by atomic mass is 16.5. The minimum Gasteiger partial charge on any atom is -0.339 e. The molecule has 0 unspecified atom stereocenters. The topological polar surface area (TPSA) is 51.0 Å². The van der Waals surface area contributed by atoms with Crippen molar-refractivity contribution in [3.63, 3.8) is 0 Å². The summed E-state index contributed by atoms with van der Waals surface area (Å²) in [6, 6.07) is 8.38. The highest BCUT2D eigenvalue weighted by Crippen LogP contribution is 2.09. The Morgan fingerprint density at radius 1 is 1.33 bits per heavy atom. The SMILES string of the molecule is CNCCCc1nc(Cc2cccc(C)c2)no1. The number of rotatable bonds is 6. The molecule has 0 bridgehead atoms. The van der Waals surface area contributed by atoms with Gasteiger partial charge in [-0.05, 0) is 32.5 Å². The van der Waals surface area contributed by atoms with Crippen LogP contribution < -0.4 is 5.32 Å². The summed E-state index contributed by atoms with van der Waals surface area (Å²) in [6.07, 6.45) is 2.58. The van der Waals surface area contributed by atoms with Gasteiger partial charge in [0.15, 0.2) is 5.82 Å². The number of hydrogen-bond acceptors (Lipinski definition) is 4. The molecule has 0 saturated carbocycles. The predicted molar refractivity (Wildman–Crippen MR) is 70.5 cm³/mol. The lowest BCUT2D eigenvalue weighted by atomic mass is 10.1. The van der Waals surface area contributed by atoms with E-state index in [0.29, 0.717) is 0 Å². The fraction of sp³-hybridized carbons (Fsp3) is 0.429. The normalized spacial score (nSPS) is 10.8. The van der Waals surface area contributed by atoms with E-state index in [2.05, 4.69) is 46.6 Å². The number of benzene rings is 1. The molecule has 1 N–H and O–H groups in total. The molecule has 0 amide bonds. The van der Waals surface area contributed by atoms with Crippen LogP contribution in [0.4, 0.5) is 0 Å². The van der Waals surface area contributed by atoms with E-state index in [0.717, 1.165) is 37.5 Å². The molecular weight excluding hydrogens is 226 g/mol. The first kappa shape index (κ1) is 12.8. The van der Waals surface area contributed by atoms with E-state index >= 15 is 0 Å². The molecule has 1 heterocycles. The molecule has 0 spiro atoms. The number of hydrogen-bond donors (Lipinski definition) is 1. The number of nitrogens with zero attached hydrogens (tertiary/aromatic N) is 2. The summed E-state index contributed by atoms with van der Waals surface area (Å²) in [5, 5.41) is 7.11. The standard InChI is InChI=1S/C14H19N3O/c1-11-5-3-6-12(9-11)10-13-16-14(18-17-13)7-4-8-15-2/h3,5-6,9,15H,4,7-8,10H2,1-2H3. The van der Waals surface area contributed by atoms with Crippen LogP contribution in [0.1, 0.15) is 29.3 Å². The van der Waals surface area contributed by atoms with Crippen LogP contribution in [0.25, 0.3) is 0 Å². The van der Waals surface area contributed by atoms with E-state index in [1.807, 2.05) is 7.05 Å². The zero-order chi connectivity index (χ0) is 12.8. The lowest BCUT2D eigenvalue weighted by molar-refractivity contribution is 0.370. The summed E-state index contributed by atoms with van der Waals surface area (Å²) in [7, 11) is 1.94. The number of aromatic nitrogens is 2. The molecule has 2 aromatic rings. The molecule has 1 aromatic heterocycles. The molecule has 0 aliphatic rings. The zero-order valence-corrected chi connectivity index (χ0v) is 10.9. The van der Waals surface area contributed by atoms with Gasteiger partial charge < -0.3 is 9.84 Å². The van der Waals surface area contributed by atoms with Crippen LogP contribution >= 0.6 is 0 Å². The van der Waals surface area contributed by atoms with Crippen molar-refractivity contribution < 1.29 is 4.52 Å². The van der Waals surface area contributed by atoms with E-state index in [4.69, 9.17) is 4.52 Å². The van der Waals surface area contributed by atoms with Gasteiger partial charge in [0.25, 0.3) is 0 Å². The van der Waals surface area contributed by atoms with Crippen molar-refractivity contribution in [2.75, 3.05) is 13.6 Å². The summed E-state index contributed by atoms with van der Waals surface area (Å²) in [5.74, 6) is 1.49. The van der Waals surface area contributed by atoms with Crippen LogP contribution in [0.5, 0.6) is 0 Å². The van der Waals surface area contributed by atoms with Gasteiger partial charge >= 0.3 is 0 Å². The predicted octanol–water partition coefficient (Wildman–Crippen LogP) is 2.12. The molecule has 1 aromatic carbocycles. The average molecular weight is 245 g/mol. The highest BCUT2D eigenvalue weighted by Gasteiger charge is 2.06. The maximum absolute atomic E-state index is 5.22. The first-order valence-electron chi connectivity index (χ1n) is 6.29. The third kappa shape index (κ3) is 3.67. The van der Waals surface area contributed by atoms with Crippen LogP contribution in [0, 0.1) is 6.92 Å². The van der Waals surface area contributed by atoms with Crippen LogP contribution in [0.3, 0.4) is 0 Å². The molecule has 2 rings (SSSR count). The van der Waals surface area contributed by atoms with E-state index < -0.39 is 0 Å². The van der Waals surface area contributed by atoms with E-state index in [1.165, 1.54) is 11.1 Å². The van der Waals surface area contributed by atoms with Crippen molar-refractivity contribution in [2.24, 2.45) is 0 Å². The fourth-order valence-electron chi connectivity index (χ4n) is 1.88. The Bertz CT molecular complexity index is 493. The molecular formula is C14H19N3O. The molecule has 18 heavy (non-hydrogen) atoms. The van der Waals surface area contributed by atoms with Crippen molar-refractivity contribution in [3.8, 4) is 0 Å². The lowest BCUT2D eigenvalue weighted by Crippen LogP contribution is -2.08. The number of aryl methyl sites for hydroxylation is 2. The van der Waals surface area contributed by atoms with E-state index in [-0.39, 0.29) is 0 Å². The van der Waals surface area contributed by atoms with Gasteiger partial charge in [-0.15, -0.1) is 0 Å². The lowest BCUT2D eigenvalue weighted by Gasteiger charge is -1.97. The van der Waals surface area contributed by atoms with Crippen LogP contribution in [0.2, 0.25) is 0 Å². The summed E-state index contributed by atoms with van der Waals surface area (Å²) < 4.78 is 5.22. The molecule has 4 nitrogen and oxygen atoms in total. The minimum absolute atomic E-state index is 0.730. The van der Waals surface area contributed by atoms with Gasteiger partial charge in [0.2, 0.25) is 5.89 Å². The van der Waals surface area contributed by atoms with E-state index in [9.17, 15) is 0 Å². The quantitative estimate of drug-likeness (QED) is 0.792. The summed E-state index contributed by atoms with van der Waals surface area (Å²) in [4.78, 5) is 4.40. The molecule has 96 valence electrons. The molecule has 0 atom stereocenters. The monoisotopic (exact) mass is 245 g/mol. The van der Waals surface area contributed by atoms with Gasteiger partial charge in [-0.3, -0.25) is 0 Å². The van der Waals surface area contributed by atoms with Crippen molar-refractivity contribution in [1.82, 2.24) is 15.5 Å². The maximum Gasteiger partial charge on any atom is 0.226 e. The molecule has 0 fully saturated rings. The Morgan fingerprint density at radius 3 is 3.00 bits per heavy atom. The molecule has 0 radical (unpaired) electrons. The average Bonchev–Trinajstić information content (AvgIpc) is 2.77. The first-order chi connectivity index (χ1) is 8.78. The van der Waals surface area contributed by atoms with Crippen molar-refractivity contribution in [1.29, 1.82) is 0 Å². The summed E-state index contributed by atoms with van der Waals surface area (Å²) in [5.41, 5.74) is 2.47. The summed E-state index contributed by atoms with van der Waals surface area (Å²) >= 11 is 0. The summed E-state index contributed by atoms with van der Waals surface area (Å²) in [6.45, 7) is 3.05. The molecule has 0 aliphatic carbocycles. The Morgan fingerprint density at radius 2 is 2.22 bits per heavy atom. The van der Waals surface area contributed by atoms with Gasteiger partial charge in [-0.1, -0.05) is 35.0 Å². The Hall–Kier alpha value is -1.68. The molecule has 0 saturated heterocycles. The first-order valence-corrected chi connectivity index (χ1v) is 6.29. The van der Waals surface area contributed by atoms with Crippen LogP contribution in [-0.2, 0) is 12.8 Å². The Kier molecular flexibility index (Phi) is 4.47. The van der Waals surface area contributed by atoms with Gasteiger partial charge in [-0.2, -0.15) is 4.98 Å². The number of nitrogens with one attached hydrogen (secondary N) is 1. The van der Waals surface area contributed by atoms with Crippen LogP contribution in [-0.4, -0.2) is 23.7 Å². The third-order valence-corrected chi connectivity index (χ3v) is 2.77. The second-order valence-corrected chi connectivity index (χ2v) is 4.48. The van der Waals surface area contributed by atoms with Crippen molar-refractivity contribution in [3.05, 3.63) is 47.1 Å². The second kappa shape index (κ2) is 6.31. The zero-order valence-electron chi connectivity index (χ0n) is 10.9. The van der Waals surface area contributed by atoms with Gasteiger partial charge in [-0.25, -0.2) is 0 Å². The van der Waals surface area contributed by atoms with Gasteiger partial charge in [0, 0.05) is 12.8 Å². The smallest absolute Gasteiger partial charge is 0.226 e. The van der Waals surface area contributed by atoms with Crippen LogP contribution in [0.15, 0.2) is 28.8 Å². The third-order valence-electron chi connectivity index (χ3n) is 2.77. The van der Waals surface area contributed by atoms with Crippen molar-refractivity contribution >= 4 is 0 Å². The fourth-order valence-corrected chi connectivity index (χ4v) is 1.88. The van der Waals surface area contributed by atoms with Gasteiger partial charge in [0.1, 0.15) is 0 Å². The molecule has 0 aliphatic heterocycles. The Balaban J connectivity index is 1.94. The largest absolute Gasteiger partial charge is 0.339 e. The van der Waals surface area contributed by atoms with E-state index in [1.54, 1.807) is 0 Å². The van der Waals surface area contributed by atoms with Crippen molar-refractivity contribution in [2.45, 2.75) is 26.2 Å². The minimum atomic E-state index is 0.730. The Labute approximate surface area is 107 Å².